The lowest BCUT2D eigenvalue weighted by Gasteiger charge is -2.21. The molecule has 2 aromatic rings. The van der Waals surface area contributed by atoms with Crippen molar-refractivity contribution in [3.63, 3.8) is 0 Å². The Hall–Kier alpha value is -1.65. The van der Waals surface area contributed by atoms with Gasteiger partial charge in [0.15, 0.2) is 0 Å². The summed E-state index contributed by atoms with van der Waals surface area (Å²) in [6.45, 7) is 6.53. The number of thiophene rings is 1. The maximum atomic E-state index is 12.4. The predicted molar refractivity (Wildman–Crippen MR) is 91.0 cm³/mol. The van der Waals surface area contributed by atoms with E-state index in [0.717, 1.165) is 10.4 Å². The van der Waals surface area contributed by atoms with Crippen LogP contribution in [0.1, 0.15) is 37.3 Å². The normalized spacial score (nSPS) is 13.8. The first-order valence-corrected chi connectivity index (χ1v) is 8.46. The number of amides is 1. The molecule has 0 fully saturated rings. The first-order valence-electron chi connectivity index (χ1n) is 7.58. The first kappa shape index (κ1) is 16.7. The molecular formula is C18H23NO2S. The molecule has 0 aliphatic carbocycles. The maximum Gasteiger partial charge on any atom is 0.249 e. The van der Waals surface area contributed by atoms with E-state index in [2.05, 4.69) is 19.2 Å². The van der Waals surface area contributed by atoms with Crippen LogP contribution in [0.4, 0.5) is 0 Å². The summed E-state index contributed by atoms with van der Waals surface area (Å²) < 4.78 is 5.61. The van der Waals surface area contributed by atoms with Crippen molar-refractivity contribution in [2.75, 3.05) is 6.61 Å². The van der Waals surface area contributed by atoms with E-state index in [1.54, 1.807) is 18.3 Å². The van der Waals surface area contributed by atoms with Crippen molar-refractivity contribution in [2.45, 2.75) is 32.9 Å². The Morgan fingerprint density at radius 2 is 1.86 bits per heavy atom. The second-order valence-corrected chi connectivity index (χ2v) is 6.72. The molecule has 0 aliphatic rings. The van der Waals surface area contributed by atoms with E-state index in [0.29, 0.717) is 12.5 Å². The highest BCUT2D eigenvalue weighted by Crippen LogP contribution is 2.26. The molecule has 1 N–H and O–H groups in total. The molecule has 0 spiro atoms. The first-order chi connectivity index (χ1) is 10.6. The van der Waals surface area contributed by atoms with Crippen LogP contribution >= 0.6 is 11.3 Å². The van der Waals surface area contributed by atoms with E-state index in [-0.39, 0.29) is 11.9 Å². The fraction of sp³-hybridized carbons (Fsp3) is 0.389. The van der Waals surface area contributed by atoms with Crippen molar-refractivity contribution < 1.29 is 9.53 Å². The quantitative estimate of drug-likeness (QED) is 0.838. The number of hydrogen-bond acceptors (Lipinski definition) is 3. The fourth-order valence-corrected chi connectivity index (χ4v) is 2.89. The van der Waals surface area contributed by atoms with Crippen LogP contribution in [0.25, 0.3) is 0 Å². The molecule has 2 rings (SSSR count). The zero-order valence-electron chi connectivity index (χ0n) is 13.3. The molecule has 1 aromatic heterocycles. The van der Waals surface area contributed by atoms with Gasteiger partial charge in [0.05, 0.1) is 6.04 Å². The standard InChI is InChI=1S/C18H23NO2S/c1-13(2)12-21-14(3)18(20)19-17(16-10-7-11-22-16)15-8-5-4-6-9-15/h4-11,13-14,17H,12H2,1-3H3,(H,19,20)/t14-,17-/m1/s1. The number of carbonyl (C=O) groups excluding carboxylic acids is 1. The van der Waals surface area contributed by atoms with Crippen molar-refractivity contribution in [2.24, 2.45) is 5.92 Å². The van der Waals surface area contributed by atoms with Gasteiger partial charge in [0.1, 0.15) is 6.10 Å². The van der Waals surface area contributed by atoms with Gasteiger partial charge in [-0.1, -0.05) is 50.2 Å². The minimum atomic E-state index is -0.450. The van der Waals surface area contributed by atoms with E-state index < -0.39 is 6.10 Å². The Morgan fingerprint density at radius 3 is 2.45 bits per heavy atom. The lowest BCUT2D eigenvalue weighted by molar-refractivity contribution is -0.132. The van der Waals surface area contributed by atoms with Crippen molar-refractivity contribution in [3.8, 4) is 0 Å². The fourth-order valence-electron chi connectivity index (χ4n) is 2.09. The SMILES string of the molecule is CC(C)CO[C@H](C)C(=O)N[C@H](c1ccccc1)c1cccs1. The Bertz CT molecular complexity index is 566. The van der Waals surface area contributed by atoms with E-state index in [1.807, 2.05) is 47.8 Å². The Morgan fingerprint density at radius 1 is 1.14 bits per heavy atom. The van der Waals surface area contributed by atoms with Crippen molar-refractivity contribution >= 4 is 17.2 Å². The summed E-state index contributed by atoms with van der Waals surface area (Å²) in [7, 11) is 0. The number of carbonyl (C=O) groups is 1. The molecule has 0 saturated carbocycles. The second kappa shape index (κ2) is 8.11. The van der Waals surface area contributed by atoms with Gasteiger partial charge in [-0.25, -0.2) is 0 Å². The van der Waals surface area contributed by atoms with Crippen molar-refractivity contribution in [1.29, 1.82) is 0 Å². The van der Waals surface area contributed by atoms with Gasteiger partial charge in [-0.2, -0.15) is 0 Å². The topological polar surface area (TPSA) is 38.3 Å². The Kier molecular flexibility index (Phi) is 6.16. The van der Waals surface area contributed by atoms with Crippen LogP contribution in [0, 0.1) is 5.92 Å². The summed E-state index contributed by atoms with van der Waals surface area (Å²) in [5, 5.41) is 5.13. The van der Waals surface area contributed by atoms with Gasteiger partial charge in [-0.15, -0.1) is 11.3 Å². The zero-order valence-corrected chi connectivity index (χ0v) is 14.1. The van der Waals surface area contributed by atoms with Crippen molar-refractivity contribution in [3.05, 3.63) is 58.3 Å². The minimum absolute atomic E-state index is 0.0806. The van der Waals surface area contributed by atoms with Crippen molar-refractivity contribution in [1.82, 2.24) is 5.32 Å². The second-order valence-electron chi connectivity index (χ2n) is 5.74. The van der Waals surface area contributed by atoms with Gasteiger partial charge in [0.25, 0.3) is 0 Å². The summed E-state index contributed by atoms with van der Waals surface area (Å²) in [6.07, 6.45) is -0.450. The molecular weight excluding hydrogens is 294 g/mol. The molecule has 1 amide bonds. The van der Waals surface area contributed by atoms with E-state index in [9.17, 15) is 4.79 Å². The number of hydrogen-bond donors (Lipinski definition) is 1. The number of rotatable bonds is 7. The molecule has 0 bridgehead atoms. The van der Waals surface area contributed by atoms with Gasteiger partial charge in [0.2, 0.25) is 5.91 Å². The lowest BCUT2D eigenvalue weighted by Crippen LogP contribution is -2.37. The molecule has 0 unspecified atom stereocenters. The van der Waals surface area contributed by atoms with Crippen LogP contribution < -0.4 is 5.32 Å². The summed E-state index contributed by atoms with van der Waals surface area (Å²) in [4.78, 5) is 13.5. The molecule has 118 valence electrons. The van der Waals surface area contributed by atoms with Crippen LogP contribution in [0.2, 0.25) is 0 Å². The molecule has 4 heteroatoms. The molecule has 2 atom stereocenters. The highest BCUT2D eigenvalue weighted by molar-refractivity contribution is 7.10. The van der Waals surface area contributed by atoms with Crippen LogP contribution in [0.15, 0.2) is 47.8 Å². The Balaban J connectivity index is 2.09. The van der Waals surface area contributed by atoms with Gasteiger partial charge in [-0.3, -0.25) is 4.79 Å². The average molecular weight is 317 g/mol. The van der Waals surface area contributed by atoms with Crippen LogP contribution in [-0.2, 0) is 9.53 Å². The minimum Gasteiger partial charge on any atom is -0.368 e. The van der Waals surface area contributed by atoms with E-state index in [1.165, 1.54) is 0 Å². The summed E-state index contributed by atoms with van der Waals surface area (Å²) in [5.41, 5.74) is 1.08. The molecule has 0 radical (unpaired) electrons. The smallest absolute Gasteiger partial charge is 0.249 e. The van der Waals surface area contributed by atoms with Crippen LogP contribution in [0.3, 0.4) is 0 Å². The van der Waals surface area contributed by atoms with E-state index in [4.69, 9.17) is 4.74 Å². The van der Waals surface area contributed by atoms with Gasteiger partial charge in [-0.05, 0) is 29.9 Å². The van der Waals surface area contributed by atoms with Crippen LogP contribution in [-0.4, -0.2) is 18.6 Å². The van der Waals surface area contributed by atoms with E-state index >= 15 is 0 Å². The van der Waals surface area contributed by atoms with Gasteiger partial charge < -0.3 is 10.1 Å². The maximum absolute atomic E-state index is 12.4. The average Bonchev–Trinajstić information content (AvgIpc) is 3.04. The highest BCUT2D eigenvalue weighted by atomic mass is 32.1. The molecule has 0 aliphatic heterocycles. The highest BCUT2D eigenvalue weighted by Gasteiger charge is 2.21. The van der Waals surface area contributed by atoms with Gasteiger partial charge >= 0.3 is 0 Å². The number of nitrogens with one attached hydrogen (secondary N) is 1. The summed E-state index contributed by atoms with van der Waals surface area (Å²) in [6, 6.07) is 13.9. The Labute approximate surface area is 136 Å². The lowest BCUT2D eigenvalue weighted by atomic mass is 10.1. The third kappa shape index (κ3) is 4.68. The number of benzene rings is 1. The zero-order chi connectivity index (χ0) is 15.9. The molecule has 1 heterocycles. The third-order valence-electron chi connectivity index (χ3n) is 3.30. The molecule has 0 saturated heterocycles. The number of ether oxygens (including phenoxy) is 1. The largest absolute Gasteiger partial charge is 0.368 e. The summed E-state index contributed by atoms with van der Waals surface area (Å²) in [5.74, 6) is 0.334. The monoisotopic (exact) mass is 317 g/mol. The molecule has 1 aromatic carbocycles. The predicted octanol–water partition coefficient (Wildman–Crippen LogP) is 4.01. The summed E-state index contributed by atoms with van der Waals surface area (Å²) >= 11 is 1.64. The molecule has 3 nitrogen and oxygen atoms in total. The molecule has 22 heavy (non-hydrogen) atoms. The van der Waals surface area contributed by atoms with Crippen LogP contribution in [0.5, 0.6) is 0 Å². The van der Waals surface area contributed by atoms with Gasteiger partial charge in [0, 0.05) is 11.5 Å². The third-order valence-corrected chi connectivity index (χ3v) is 4.23.